The van der Waals surface area contributed by atoms with Gasteiger partial charge >= 0.3 is 0 Å². The summed E-state index contributed by atoms with van der Waals surface area (Å²) in [5, 5.41) is 0.532. The quantitative estimate of drug-likeness (QED) is 0.338. The number of furan rings is 1. The summed E-state index contributed by atoms with van der Waals surface area (Å²) in [6.45, 7) is 0.972. The minimum absolute atomic E-state index is 0.0652. The van der Waals surface area contributed by atoms with Crippen LogP contribution in [0.5, 0.6) is 0 Å². The molecular weight excluding hydrogens is 394 g/mol. The lowest BCUT2D eigenvalue weighted by Crippen LogP contribution is -2.32. The van der Waals surface area contributed by atoms with Crippen LogP contribution in [0.3, 0.4) is 0 Å². The number of hydrogen-bond donors (Lipinski definition) is 0. The zero-order valence-corrected chi connectivity index (χ0v) is 16.2. The van der Waals surface area contributed by atoms with E-state index in [0.717, 1.165) is 0 Å². The topological polar surface area (TPSA) is 85.4 Å². The van der Waals surface area contributed by atoms with Gasteiger partial charge in [-0.25, -0.2) is 4.98 Å². The number of rotatable bonds is 7. The second kappa shape index (κ2) is 8.05. The number of aryl methyl sites for hydroxylation is 1. The molecule has 3 heterocycles. The lowest BCUT2D eigenvalue weighted by Gasteiger charge is -2.27. The number of ketones is 2. The van der Waals surface area contributed by atoms with E-state index < -0.39 is 29.4 Å². The molecule has 1 aliphatic heterocycles. The fourth-order valence-electron chi connectivity index (χ4n) is 3.67. The summed E-state index contributed by atoms with van der Waals surface area (Å²) < 4.78 is 7.09. The van der Waals surface area contributed by atoms with Gasteiger partial charge in [-0.1, -0.05) is 23.7 Å². The summed E-state index contributed by atoms with van der Waals surface area (Å²) in [6.07, 6.45) is 7.18. The molecule has 1 aromatic carbocycles. The molecule has 7 nitrogen and oxygen atoms in total. The van der Waals surface area contributed by atoms with Gasteiger partial charge in [-0.2, -0.15) is 0 Å². The maximum absolute atomic E-state index is 13.0. The van der Waals surface area contributed by atoms with Crippen molar-refractivity contribution in [1.82, 2.24) is 14.5 Å². The number of carbonyl (C=O) groups excluding carboxylic acids is 3. The Morgan fingerprint density at radius 2 is 1.93 bits per heavy atom. The Kier molecular flexibility index (Phi) is 5.31. The maximum atomic E-state index is 13.0. The average molecular weight is 412 g/mol. The van der Waals surface area contributed by atoms with E-state index in [9.17, 15) is 14.4 Å². The summed E-state index contributed by atoms with van der Waals surface area (Å²) in [6, 6.07) is 9.22. The van der Waals surface area contributed by atoms with Crippen LogP contribution in [0.1, 0.15) is 28.6 Å². The zero-order chi connectivity index (χ0) is 20.4. The van der Waals surface area contributed by atoms with Gasteiger partial charge < -0.3 is 13.9 Å². The van der Waals surface area contributed by atoms with E-state index in [2.05, 4.69) is 4.98 Å². The molecular formula is C21H18ClN3O4. The molecule has 4 rings (SSSR count). The number of halogens is 1. The van der Waals surface area contributed by atoms with Crippen molar-refractivity contribution in [2.45, 2.75) is 19.0 Å². The lowest BCUT2D eigenvalue weighted by molar-refractivity contribution is -0.140. The highest BCUT2D eigenvalue weighted by molar-refractivity contribution is 6.43. The molecule has 0 spiro atoms. The number of carbonyl (C=O) groups is 3. The molecule has 2 unspecified atom stereocenters. The third kappa shape index (κ3) is 3.73. The summed E-state index contributed by atoms with van der Waals surface area (Å²) >= 11 is 5.99. The molecule has 3 aromatic rings. The van der Waals surface area contributed by atoms with Crippen molar-refractivity contribution >= 4 is 29.1 Å². The van der Waals surface area contributed by atoms with Gasteiger partial charge in [0, 0.05) is 30.5 Å². The number of aromatic nitrogens is 2. The number of amides is 1. The molecule has 1 fully saturated rings. The standard InChI is InChI=1S/C21H18ClN3O4/c22-15-6-4-14(5-7-15)18-17(19(26)16-3-1-12-29-16)20(27)21(28)25(18)10-2-9-24-11-8-23-13-24/h1,3-8,11-13,17-18H,2,9-10H2. The Labute approximate surface area is 171 Å². The van der Waals surface area contributed by atoms with Crippen LogP contribution in [0.15, 0.2) is 65.8 Å². The first-order valence-electron chi connectivity index (χ1n) is 9.20. The molecule has 1 aliphatic rings. The molecule has 2 atom stereocenters. The second-order valence-electron chi connectivity index (χ2n) is 6.83. The van der Waals surface area contributed by atoms with E-state index in [1.807, 2.05) is 10.8 Å². The van der Waals surface area contributed by atoms with Crippen LogP contribution in [0.2, 0.25) is 5.02 Å². The van der Waals surface area contributed by atoms with Gasteiger partial charge in [-0.3, -0.25) is 14.4 Å². The van der Waals surface area contributed by atoms with Crippen molar-refractivity contribution < 1.29 is 18.8 Å². The smallest absolute Gasteiger partial charge is 0.291 e. The van der Waals surface area contributed by atoms with Crippen LogP contribution in [0, 0.1) is 5.92 Å². The molecule has 0 aliphatic carbocycles. The molecule has 148 valence electrons. The molecule has 1 amide bonds. The molecule has 0 bridgehead atoms. The fraction of sp³-hybridized carbons (Fsp3) is 0.238. The predicted octanol–water partition coefficient (Wildman–Crippen LogP) is 3.17. The molecule has 2 aromatic heterocycles. The summed E-state index contributed by atoms with van der Waals surface area (Å²) in [7, 11) is 0. The Morgan fingerprint density at radius 3 is 2.59 bits per heavy atom. The normalized spacial score (nSPS) is 19.1. The fourth-order valence-corrected chi connectivity index (χ4v) is 3.80. The van der Waals surface area contributed by atoms with E-state index in [1.165, 1.54) is 17.2 Å². The number of hydrogen-bond acceptors (Lipinski definition) is 5. The Bertz CT molecular complexity index is 1010. The van der Waals surface area contributed by atoms with E-state index in [0.29, 0.717) is 30.1 Å². The van der Waals surface area contributed by atoms with Gasteiger partial charge in [0.2, 0.25) is 11.6 Å². The van der Waals surface area contributed by atoms with Gasteiger partial charge in [0.1, 0.15) is 5.92 Å². The number of Topliss-reactive ketones (excluding diaryl/α,β-unsaturated/α-hetero) is 2. The first-order valence-corrected chi connectivity index (χ1v) is 9.58. The molecule has 29 heavy (non-hydrogen) atoms. The van der Waals surface area contributed by atoms with Gasteiger partial charge in [0.15, 0.2) is 5.76 Å². The highest BCUT2D eigenvalue weighted by Crippen LogP contribution is 2.38. The van der Waals surface area contributed by atoms with Crippen LogP contribution in [0.4, 0.5) is 0 Å². The molecule has 8 heteroatoms. The first-order chi connectivity index (χ1) is 14.1. The number of imidazole rings is 1. The Hall–Kier alpha value is -3.19. The lowest BCUT2D eigenvalue weighted by atomic mass is 9.88. The van der Waals surface area contributed by atoms with Crippen molar-refractivity contribution in [3.05, 3.63) is 77.7 Å². The predicted molar refractivity (Wildman–Crippen MR) is 104 cm³/mol. The van der Waals surface area contributed by atoms with E-state index >= 15 is 0 Å². The SMILES string of the molecule is O=C1C(=O)N(CCCn2ccnc2)C(c2ccc(Cl)cc2)C1C(=O)c1ccco1. The minimum Gasteiger partial charge on any atom is -0.461 e. The molecule has 0 saturated carbocycles. The van der Waals surface area contributed by atoms with Crippen LogP contribution >= 0.6 is 11.6 Å². The second-order valence-corrected chi connectivity index (χ2v) is 7.27. The van der Waals surface area contributed by atoms with Crippen LogP contribution in [-0.4, -0.2) is 38.5 Å². The van der Waals surface area contributed by atoms with Crippen LogP contribution in [0.25, 0.3) is 0 Å². The van der Waals surface area contributed by atoms with Gasteiger partial charge in [-0.05, 0) is 36.2 Å². The van der Waals surface area contributed by atoms with E-state index in [1.54, 1.807) is 42.9 Å². The molecule has 1 saturated heterocycles. The van der Waals surface area contributed by atoms with Crippen LogP contribution < -0.4 is 0 Å². The molecule has 0 N–H and O–H groups in total. The highest BCUT2D eigenvalue weighted by Gasteiger charge is 2.52. The summed E-state index contributed by atoms with van der Waals surface area (Å²) in [4.78, 5) is 44.0. The van der Waals surface area contributed by atoms with Crippen molar-refractivity contribution in [1.29, 1.82) is 0 Å². The average Bonchev–Trinajstić information content (AvgIpc) is 3.47. The van der Waals surface area contributed by atoms with Gasteiger partial charge in [0.05, 0.1) is 18.6 Å². The maximum Gasteiger partial charge on any atom is 0.291 e. The third-order valence-corrected chi connectivity index (χ3v) is 5.29. The largest absolute Gasteiger partial charge is 0.461 e. The number of nitrogens with zero attached hydrogens (tertiary/aromatic N) is 3. The zero-order valence-electron chi connectivity index (χ0n) is 15.4. The molecule has 0 radical (unpaired) electrons. The van der Waals surface area contributed by atoms with Crippen LogP contribution in [-0.2, 0) is 16.1 Å². The van der Waals surface area contributed by atoms with Crippen molar-refractivity contribution in [2.75, 3.05) is 6.54 Å². The highest BCUT2D eigenvalue weighted by atomic mass is 35.5. The number of likely N-dealkylation sites (tertiary alicyclic amines) is 1. The van der Waals surface area contributed by atoms with Gasteiger partial charge in [-0.15, -0.1) is 0 Å². The monoisotopic (exact) mass is 411 g/mol. The van der Waals surface area contributed by atoms with E-state index in [-0.39, 0.29) is 5.76 Å². The van der Waals surface area contributed by atoms with Crippen molar-refractivity contribution in [2.24, 2.45) is 5.92 Å². The van der Waals surface area contributed by atoms with Crippen molar-refractivity contribution in [3.8, 4) is 0 Å². The van der Waals surface area contributed by atoms with Gasteiger partial charge in [0.25, 0.3) is 5.91 Å². The number of benzene rings is 1. The Balaban J connectivity index is 1.64. The summed E-state index contributed by atoms with van der Waals surface area (Å²) in [5.74, 6) is -2.95. The van der Waals surface area contributed by atoms with Crippen molar-refractivity contribution in [3.63, 3.8) is 0 Å². The summed E-state index contributed by atoms with van der Waals surface area (Å²) in [5.41, 5.74) is 0.682. The Morgan fingerprint density at radius 1 is 1.14 bits per heavy atom. The van der Waals surface area contributed by atoms with E-state index in [4.69, 9.17) is 16.0 Å². The minimum atomic E-state index is -1.15. The third-order valence-electron chi connectivity index (χ3n) is 5.04. The first kappa shape index (κ1) is 19.1.